The van der Waals surface area contributed by atoms with Crippen molar-refractivity contribution in [3.63, 3.8) is 0 Å². The summed E-state index contributed by atoms with van der Waals surface area (Å²) in [4.78, 5) is 11.1. The van der Waals surface area contributed by atoms with Crippen molar-refractivity contribution in [2.75, 3.05) is 11.9 Å². The summed E-state index contributed by atoms with van der Waals surface area (Å²) in [5.74, 6) is 0. The summed E-state index contributed by atoms with van der Waals surface area (Å²) in [6, 6.07) is -0.661. The first-order valence-corrected chi connectivity index (χ1v) is 4.55. The lowest BCUT2D eigenvalue weighted by molar-refractivity contribution is 0.229. The van der Waals surface area contributed by atoms with Crippen molar-refractivity contribution in [1.82, 2.24) is 15.5 Å². The van der Waals surface area contributed by atoms with E-state index in [0.717, 1.165) is 0 Å². The number of nitrogens with one attached hydrogen (secondary N) is 2. The first-order valence-electron chi connectivity index (χ1n) is 3.67. The molecule has 6 nitrogen and oxygen atoms in total. The monoisotopic (exact) mass is 202 g/mol. The summed E-state index contributed by atoms with van der Waals surface area (Å²) in [6.45, 7) is 1.60. The number of aliphatic hydroxyl groups is 1. The van der Waals surface area contributed by atoms with E-state index in [4.69, 9.17) is 5.11 Å². The first kappa shape index (κ1) is 9.87. The number of aromatic nitrogens is 2. The molecule has 0 aliphatic rings. The maximum absolute atomic E-state index is 11.1. The van der Waals surface area contributed by atoms with Crippen LogP contribution in [0.5, 0.6) is 0 Å². The number of aliphatic hydroxyl groups excluding tert-OH is 1. The quantitative estimate of drug-likeness (QED) is 0.646. The Hall–Kier alpha value is -1.21. The van der Waals surface area contributed by atoms with Gasteiger partial charge < -0.3 is 10.4 Å². The largest absolute Gasteiger partial charge is 0.394 e. The molecular weight excluding hydrogens is 192 g/mol. The molecule has 2 amide bonds. The van der Waals surface area contributed by atoms with Gasteiger partial charge in [0.25, 0.3) is 0 Å². The Morgan fingerprint density at radius 2 is 2.62 bits per heavy atom. The normalized spacial score (nSPS) is 12.2. The maximum Gasteiger partial charge on any atom is 0.321 e. The summed E-state index contributed by atoms with van der Waals surface area (Å²) in [5, 5.41) is 21.2. The van der Waals surface area contributed by atoms with Crippen molar-refractivity contribution in [3.05, 3.63) is 5.51 Å². The van der Waals surface area contributed by atoms with Crippen LogP contribution in [-0.2, 0) is 0 Å². The number of carbonyl (C=O) groups is 1. The molecule has 0 saturated heterocycles. The van der Waals surface area contributed by atoms with E-state index in [-0.39, 0.29) is 12.6 Å². The molecule has 1 aromatic rings. The van der Waals surface area contributed by atoms with Gasteiger partial charge in [0.2, 0.25) is 5.13 Å². The zero-order chi connectivity index (χ0) is 9.68. The van der Waals surface area contributed by atoms with Crippen LogP contribution in [0.25, 0.3) is 0 Å². The van der Waals surface area contributed by atoms with Crippen LogP contribution in [0, 0.1) is 0 Å². The van der Waals surface area contributed by atoms with Crippen LogP contribution in [0.2, 0.25) is 0 Å². The summed E-state index contributed by atoms with van der Waals surface area (Å²) in [6.07, 6.45) is 0. The first-order chi connectivity index (χ1) is 6.22. The van der Waals surface area contributed by atoms with Crippen molar-refractivity contribution in [3.8, 4) is 0 Å². The highest BCUT2D eigenvalue weighted by Crippen LogP contribution is 2.06. The Labute approximate surface area is 79.0 Å². The molecule has 3 N–H and O–H groups in total. The Morgan fingerprint density at radius 1 is 1.85 bits per heavy atom. The fourth-order valence-corrected chi connectivity index (χ4v) is 1.07. The highest BCUT2D eigenvalue weighted by Gasteiger charge is 2.06. The molecule has 0 saturated carbocycles. The Bertz CT molecular complexity index is 264. The SMILES string of the molecule is C[C@@H](CO)NC(=O)Nc1nncs1. The molecule has 1 aromatic heterocycles. The second-order valence-electron chi connectivity index (χ2n) is 2.43. The fraction of sp³-hybridized carbons (Fsp3) is 0.500. The van der Waals surface area contributed by atoms with Gasteiger partial charge in [0.05, 0.1) is 12.6 Å². The summed E-state index contributed by atoms with van der Waals surface area (Å²) in [5.41, 5.74) is 1.52. The van der Waals surface area contributed by atoms with Crippen LogP contribution >= 0.6 is 11.3 Å². The molecular formula is C6H10N4O2S. The lowest BCUT2D eigenvalue weighted by Crippen LogP contribution is -2.38. The van der Waals surface area contributed by atoms with Crippen molar-refractivity contribution in [2.24, 2.45) is 0 Å². The van der Waals surface area contributed by atoms with Gasteiger partial charge in [-0.15, -0.1) is 10.2 Å². The third-order valence-corrected chi connectivity index (χ3v) is 1.84. The van der Waals surface area contributed by atoms with E-state index in [1.165, 1.54) is 16.8 Å². The van der Waals surface area contributed by atoms with E-state index >= 15 is 0 Å². The van der Waals surface area contributed by atoms with Crippen LogP contribution < -0.4 is 10.6 Å². The molecule has 0 spiro atoms. The smallest absolute Gasteiger partial charge is 0.321 e. The van der Waals surface area contributed by atoms with Gasteiger partial charge in [0, 0.05) is 0 Å². The van der Waals surface area contributed by atoms with Crippen molar-refractivity contribution < 1.29 is 9.90 Å². The van der Waals surface area contributed by atoms with Gasteiger partial charge in [-0.2, -0.15) is 0 Å². The topological polar surface area (TPSA) is 87.1 Å². The predicted molar refractivity (Wildman–Crippen MR) is 48.6 cm³/mol. The summed E-state index contributed by atoms with van der Waals surface area (Å²) in [7, 11) is 0. The minimum Gasteiger partial charge on any atom is -0.394 e. The molecule has 0 bridgehead atoms. The number of anilines is 1. The van der Waals surface area contributed by atoms with Gasteiger partial charge in [-0.1, -0.05) is 11.3 Å². The van der Waals surface area contributed by atoms with Crippen LogP contribution in [-0.4, -0.2) is 34.0 Å². The van der Waals surface area contributed by atoms with Crippen LogP contribution in [0.4, 0.5) is 9.93 Å². The zero-order valence-electron chi connectivity index (χ0n) is 7.02. The van der Waals surface area contributed by atoms with Crippen molar-refractivity contribution in [1.29, 1.82) is 0 Å². The standard InChI is InChI=1S/C6H10N4O2S/c1-4(2-11)8-5(12)9-6-10-7-3-13-6/h3-4,11H,2H2,1H3,(H2,8,9,10,12)/t4-/m0/s1. The predicted octanol–water partition coefficient (Wildman–Crippen LogP) is 0.0404. The molecule has 0 aliphatic carbocycles. The van der Waals surface area contributed by atoms with E-state index < -0.39 is 6.03 Å². The second kappa shape index (κ2) is 4.73. The van der Waals surface area contributed by atoms with E-state index in [0.29, 0.717) is 5.13 Å². The van der Waals surface area contributed by atoms with E-state index in [9.17, 15) is 4.79 Å². The minimum absolute atomic E-state index is 0.0937. The van der Waals surface area contributed by atoms with Crippen LogP contribution in [0.3, 0.4) is 0 Å². The molecule has 7 heteroatoms. The molecule has 1 atom stereocenters. The Morgan fingerprint density at radius 3 is 3.15 bits per heavy atom. The Balaban J connectivity index is 2.34. The van der Waals surface area contributed by atoms with Gasteiger partial charge in [-0.3, -0.25) is 5.32 Å². The number of hydrogen-bond acceptors (Lipinski definition) is 5. The molecule has 0 aromatic carbocycles. The van der Waals surface area contributed by atoms with Gasteiger partial charge in [-0.05, 0) is 6.92 Å². The van der Waals surface area contributed by atoms with Gasteiger partial charge >= 0.3 is 6.03 Å². The molecule has 1 rings (SSSR count). The van der Waals surface area contributed by atoms with Crippen LogP contribution in [0.15, 0.2) is 5.51 Å². The minimum atomic E-state index is -0.390. The Kier molecular flexibility index (Phi) is 3.59. The van der Waals surface area contributed by atoms with Crippen LogP contribution in [0.1, 0.15) is 6.92 Å². The second-order valence-corrected chi connectivity index (χ2v) is 3.26. The zero-order valence-corrected chi connectivity index (χ0v) is 7.84. The highest BCUT2D eigenvalue weighted by molar-refractivity contribution is 7.13. The maximum atomic E-state index is 11.1. The number of rotatable bonds is 3. The van der Waals surface area contributed by atoms with Crippen molar-refractivity contribution >= 4 is 22.5 Å². The lowest BCUT2D eigenvalue weighted by atomic mass is 10.4. The molecule has 1 heterocycles. The number of amides is 2. The third-order valence-electron chi connectivity index (χ3n) is 1.23. The molecule has 13 heavy (non-hydrogen) atoms. The van der Waals surface area contributed by atoms with Crippen molar-refractivity contribution in [2.45, 2.75) is 13.0 Å². The van der Waals surface area contributed by atoms with Gasteiger partial charge in [-0.25, -0.2) is 4.79 Å². The van der Waals surface area contributed by atoms with E-state index in [1.807, 2.05) is 0 Å². The highest BCUT2D eigenvalue weighted by atomic mass is 32.1. The number of urea groups is 1. The fourth-order valence-electron chi connectivity index (χ4n) is 0.630. The summed E-state index contributed by atoms with van der Waals surface area (Å²) >= 11 is 1.23. The average Bonchev–Trinajstić information content (AvgIpc) is 2.56. The molecule has 0 unspecified atom stereocenters. The average molecular weight is 202 g/mol. The third kappa shape index (κ3) is 3.34. The summed E-state index contributed by atoms with van der Waals surface area (Å²) < 4.78 is 0. The number of hydrogen-bond donors (Lipinski definition) is 3. The lowest BCUT2D eigenvalue weighted by Gasteiger charge is -2.09. The molecule has 0 aliphatic heterocycles. The van der Waals surface area contributed by atoms with Gasteiger partial charge in [0.15, 0.2) is 0 Å². The van der Waals surface area contributed by atoms with E-state index in [2.05, 4.69) is 20.8 Å². The molecule has 72 valence electrons. The molecule has 0 radical (unpaired) electrons. The van der Waals surface area contributed by atoms with E-state index in [1.54, 1.807) is 6.92 Å². The van der Waals surface area contributed by atoms with Gasteiger partial charge in [0.1, 0.15) is 5.51 Å². The molecule has 0 fully saturated rings. The number of nitrogens with zero attached hydrogens (tertiary/aromatic N) is 2. The number of carbonyl (C=O) groups excluding carboxylic acids is 1.